The summed E-state index contributed by atoms with van der Waals surface area (Å²) in [5.74, 6) is -0.663. The summed E-state index contributed by atoms with van der Waals surface area (Å²) >= 11 is 7.01. The molecule has 3 rings (SSSR count). The van der Waals surface area contributed by atoms with Crippen LogP contribution in [-0.4, -0.2) is 30.7 Å². The molecule has 3 nitrogen and oxygen atoms in total. The Labute approximate surface area is 179 Å². The maximum Gasteiger partial charge on any atom is 0.254 e. The van der Waals surface area contributed by atoms with Gasteiger partial charge in [0, 0.05) is 40.4 Å². The van der Waals surface area contributed by atoms with Gasteiger partial charge >= 0.3 is 0 Å². The smallest absolute Gasteiger partial charge is 0.254 e. The second-order valence-corrected chi connectivity index (χ2v) is 8.39. The second-order valence-electron chi connectivity index (χ2n) is 6.62. The van der Waals surface area contributed by atoms with Crippen LogP contribution in [0.25, 0.3) is 10.8 Å². The van der Waals surface area contributed by atoms with Crippen molar-refractivity contribution >= 4 is 54.8 Å². The van der Waals surface area contributed by atoms with Gasteiger partial charge < -0.3 is 9.69 Å². The first-order valence-electron chi connectivity index (χ1n) is 8.73. The van der Waals surface area contributed by atoms with Crippen molar-refractivity contribution in [3.8, 4) is 0 Å². The third kappa shape index (κ3) is 4.50. The standard InChI is InChI=1S/C22H18Br2FNO2/c1-26(13-15(9-10-27)14-5-7-17(25)8-6-14)22(28)20-12-16(23)11-19-18(20)3-2-4-21(19)24/h2-8,10-12,15H,9,13H2,1H3/t15-/m1/s1. The van der Waals surface area contributed by atoms with Crippen molar-refractivity contribution in [2.75, 3.05) is 13.6 Å². The van der Waals surface area contributed by atoms with Gasteiger partial charge in [0.25, 0.3) is 5.91 Å². The number of carbonyl (C=O) groups is 2. The first kappa shape index (κ1) is 20.7. The van der Waals surface area contributed by atoms with Crippen molar-refractivity contribution in [3.63, 3.8) is 0 Å². The summed E-state index contributed by atoms with van der Waals surface area (Å²) in [6.07, 6.45) is 1.09. The maximum atomic E-state index is 13.2. The average molecular weight is 507 g/mol. The van der Waals surface area contributed by atoms with Gasteiger partial charge in [-0.1, -0.05) is 56.1 Å². The van der Waals surface area contributed by atoms with Crippen LogP contribution in [0, 0.1) is 5.82 Å². The highest BCUT2D eigenvalue weighted by atomic mass is 79.9. The Kier molecular flexibility index (Phi) is 6.62. The third-order valence-corrected chi connectivity index (χ3v) is 5.85. The molecule has 144 valence electrons. The topological polar surface area (TPSA) is 37.4 Å². The highest BCUT2D eigenvalue weighted by molar-refractivity contribution is 9.11. The summed E-state index contributed by atoms with van der Waals surface area (Å²) in [4.78, 5) is 25.9. The van der Waals surface area contributed by atoms with Gasteiger partial charge in [-0.05, 0) is 46.7 Å². The molecule has 0 aromatic heterocycles. The molecular formula is C22H18Br2FNO2. The SMILES string of the molecule is CN(C[C@@H](CC=O)c1ccc(F)cc1)C(=O)c1cc(Br)cc2c(Br)cccc12. The van der Waals surface area contributed by atoms with Crippen molar-refractivity contribution in [2.45, 2.75) is 12.3 Å². The highest BCUT2D eigenvalue weighted by Crippen LogP contribution is 2.31. The first-order chi connectivity index (χ1) is 13.4. The molecule has 3 aromatic rings. The van der Waals surface area contributed by atoms with Crippen LogP contribution in [0.2, 0.25) is 0 Å². The molecule has 0 fully saturated rings. The van der Waals surface area contributed by atoms with Crippen molar-refractivity contribution in [1.82, 2.24) is 4.90 Å². The molecule has 0 aliphatic heterocycles. The van der Waals surface area contributed by atoms with E-state index in [1.54, 1.807) is 30.1 Å². The van der Waals surface area contributed by atoms with E-state index in [1.165, 1.54) is 12.1 Å². The maximum absolute atomic E-state index is 13.2. The number of amides is 1. The van der Waals surface area contributed by atoms with Crippen LogP contribution in [0.5, 0.6) is 0 Å². The summed E-state index contributed by atoms with van der Waals surface area (Å²) in [7, 11) is 1.72. The Morgan fingerprint density at radius 2 is 1.82 bits per heavy atom. The highest BCUT2D eigenvalue weighted by Gasteiger charge is 2.21. The van der Waals surface area contributed by atoms with E-state index in [4.69, 9.17) is 0 Å². The lowest BCUT2D eigenvalue weighted by Gasteiger charge is -2.24. The fraction of sp³-hybridized carbons (Fsp3) is 0.182. The van der Waals surface area contributed by atoms with Crippen molar-refractivity contribution in [3.05, 3.63) is 80.5 Å². The monoisotopic (exact) mass is 505 g/mol. The minimum atomic E-state index is -0.329. The summed E-state index contributed by atoms with van der Waals surface area (Å²) in [5.41, 5.74) is 1.41. The van der Waals surface area contributed by atoms with Crippen molar-refractivity contribution < 1.29 is 14.0 Å². The number of nitrogens with zero attached hydrogens (tertiary/aromatic N) is 1. The Bertz CT molecular complexity index is 1020. The molecule has 0 unspecified atom stereocenters. The largest absolute Gasteiger partial charge is 0.341 e. The van der Waals surface area contributed by atoms with E-state index in [1.807, 2.05) is 24.3 Å². The van der Waals surface area contributed by atoms with E-state index in [0.29, 0.717) is 12.1 Å². The molecule has 0 bridgehead atoms. The fourth-order valence-electron chi connectivity index (χ4n) is 3.28. The molecule has 0 aliphatic rings. The molecule has 0 saturated carbocycles. The van der Waals surface area contributed by atoms with Crippen LogP contribution in [0.4, 0.5) is 4.39 Å². The zero-order valence-electron chi connectivity index (χ0n) is 15.2. The minimum absolute atomic E-state index is 0.137. The van der Waals surface area contributed by atoms with Crippen molar-refractivity contribution in [1.29, 1.82) is 0 Å². The Balaban J connectivity index is 1.91. The number of rotatable bonds is 6. The molecule has 1 atom stereocenters. The normalized spacial score (nSPS) is 12.0. The summed E-state index contributed by atoms with van der Waals surface area (Å²) in [6, 6.07) is 15.6. The Morgan fingerprint density at radius 1 is 1.11 bits per heavy atom. The van der Waals surface area contributed by atoms with Gasteiger partial charge in [-0.25, -0.2) is 4.39 Å². The summed E-state index contributed by atoms with van der Waals surface area (Å²) in [6.45, 7) is 0.352. The molecule has 0 saturated heterocycles. The predicted octanol–water partition coefficient (Wildman–Crippen LogP) is 5.95. The molecular weight excluding hydrogens is 489 g/mol. The summed E-state index contributed by atoms with van der Waals surface area (Å²) in [5, 5.41) is 1.79. The van der Waals surface area contributed by atoms with E-state index in [9.17, 15) is 14.0 Å². The lowest BCUT2D eigenvalue weighted by Crippen LogP contribution is -2.31. The van der Waals surface area contributed by atoms with Gasteiger partial charge in [0.05, 0.1) is 0 Å². The number of hydrogen-bond acceptors (Lipinski definition) is 2. The zero-order valence-corrected chi connectivity index (χ0v) is 18.3. The van der Waals surface area contributed by atoms with E-state index >= 15 is 0 Å². The van der Waals surface area contributed by atoms with Crippen LogP contribution < -0.4 is 0 Å². The van der Waals surface area contributed by atoms with Crippen LogP contribution in [0.1, 0.15) is 28.3 Å². The van der Waals surface area contributed by atoms with Crippen LogP contribution >= 0.6 is 31.9 Å². The number of likely N-dealkylation sites (N-methyl/N-ethyl adjacent to an activating group) is 1. The molecule has 0 radical (unpaired) electrons. The number of halogens is 3. The number of benzene rings is 3. The minimum Gasteiger partial charge on any atom is -0.341 e. The van der Waals surface area contributed by atoms with E-state index in [2.05, 4.69) is 31.9 Å². The van der Waals surface area contributed by atoms with Gasteiger partial charge in [-0.3, -0.25) is 4.79 Å². The number of hydrogen-bond donors (Lipinski definition) is 0. The molecule has 3 aromatic carbocycles. The molecule has 0 N–H and O–H groups in total. The quantitative estimate of drug-likeness (QED) is 0.387. The van der Waals surface area contributed by atoms with E-state index in [0.717, 1.165) is 31.6 Å². The predicted molar refractivity (Wildman–Crippen MR) is 116 cm³/mol. The van der Waals surface area contributed by atoms with Crippen molar-refractivity contribution in [2.24, 2.45) is 0 Å². The van der Waals surface area contributed by atoms with Gasteiger partial charge in [0.15, 0.2) is 0 Å². The second kappa shape index (κ2) is 8.97. The zero-order chi connectivity index (χ0) is 20.3. The fourth-order valence-corrected chi connectivity index (χ4v) is 4.22. The molecule has 0 heterocycles. The Morgan fingerprint density at radius 3 is 2.50 bits per heavy atom. The molecule has 6 heteroatoms. The molecule has 28 heavy (non-hydrogen) atoms. The molecule has 0 spiro atoms. The lowest BCUT2D eigenvalue weighted by atomic mass is 9.95. The number of fused-ring (bicyclic) bond motifs is 1. The van der Waals surface area contributed by atoms with E-state index < -0.39 is 0 Å². The Hall–Kier alpha value is -2.05. The van der Waals surface area contributed by atoms with Gasteiger partial charge in [0.1, 0.15) is 12.1 Å². The average Bonchev–Trinajstić information content (AvgIpc) is 2.68. The van der Waals surface area contributed by atoms with Gasteiger partial charge in [0.2, 0.25) is 0 Å². The van der Waals surface area contributed by atoms with Crippen LogP contribution in [0.3, 0.4) is 0 Å². The van der Waals surface area contributed by atoms with Crippen LogP contribution in [0.15, 0.2) is 63.5 Å². The summed E-state index contributed by atoms with van der Waals surface area (Å²) < 4.78 is 14.9. The van der Waals surface area contributed by atoms with Gasteiger partial charge in [-0.15, -0.1) is 0 Å². The van der Waals surface area contributed by atoms with Gasteiger partial charge in [-0.2, -0.15) is 0 Å². The lowest BCUT2D eigenvalue weighted by molar-refractivity contribution is -0.108. The number of aldehydes is 1. The third-order valence-electron chi connectivity index (χ3n) is 4.70. The first-order valence-corrected chi connectivity index (χ1v) is 10.3. The molecule has 0 aliphatic carbocycles. The number of carbonyl (C=O) groups excluding carboxylic acids is 2. The molecule has 1 amide bonds. The van der Waals surface area contributed by atoms with E-state index in [-0.39, 0.29) is 24.1 Å². The van der Waals surface area contributed by atoms with Crippen LogP contribution in [-0.2, 0) is 4.79 Å².